The number of aliphatic hydroxyl groups is 1. The number of aromatic nitrogens is 2. The van der Waals surface area contributed by atoms with Gasteiger partial charge in [-0.15, -0.1) is 0 Å². The molecule has 3 atom stereocenters. The predicted molar refractivity (Wildman–Crippen MR) is 86.7 cm³/mol. The van der Waals surface area contributed by atoms with E-state index in [0.29, 0.717) is 17.6 Å². The van der Waals surface area contributed by atoms with E-state index in [2.05, 4.69) is 29.1 Å². The minimum Gasteiger partial charge on any atom is -0.488 e. The monoisotopic (exact) mass is 307 g/mol. The molecule has 3 unspecified atom stereocenters. The maximum absolute atomic E-state index is 9.66. The second kappa shape index (κ2) is 7.88. The van der Waals surface area contributed by atoms with E-state index in [4.69, 9.17) is 4.74 Å². The van der Waals surface area contributed by atoms with Crippen molar-refractivity contribution in [3.05, 3.63) is 18.2 Å². The molecule has 0 amide bonds. The summed E-state index contributed by atoms with van der Waals surface area (Å²) in [6.07, 6.45) is 6.86. The second-order valence-corrected chi connectivity index (χ2v) is 6.92. The van der Waals surface area contributed by atoms with Crippen LogP contribution in [0.2, 0.25) is 0 Å². The first kappa shape index (κ1) is 17.2. The second-order valence-electron chi connectivity index (χ2n) is 6.92. The van der Waals surface area contributed by atoms with Crippen molar-refractivity contribution in [1.29, 1.82) is 0 Å². The molecule has 2 heterocycles. The number of hydrogen-bond donors (Lipinski definition) is 2. The topological polar surface area (TPSA) is 67.3 Å². The Bertz CT molecular complexity index is 448. The van der Waals surface area contributed by atoms with Gasteiger partial charge in [-0.2, -0.15) is 0 Å². The molecule has 1 aliphatic heterocycles. The van der Waals surface area contributed by atoms with E-state index in [-0.39, 0.29) is 24.8 Å². The summed E-state index contributed by atoms with van der Waals surface area (Å²) in [6.45, 7) is 8.60. The first-order valence-electron chi connectivity index (χ1n) is 8.35. The molecule has 1 saturated heterocycles. The molecule has 0 aliphatic carbocycles. The minimum absolute atomic E-state index is 0.119. The van der Waals surface area contributed by atoms with Gasteiger partial charge < -0.3 is 15.2 Å². The van der Waals surface area contributed by atoms with E-state index in [1.54, 1.807) is 12.4 Å². The lowest BCUT2D eigenvalue weighted by Crippen LogP contribution is -2.46. The molecule has 5 heteroatoms. The zero-order valence-corrected chi connectivity index (χ0v) is 14.1. The lowest BCUT2D eigenvalue weighted by atomic mass is 9.82. The quantitative estimate of drug-likeness (QED) is 0.846. The van der Waals surface area contributed by atoms with E-state index in [0.717, 1.165) is 25.1 Å². The maximum Gasteiger partial charge on any atom is 0.156 e. The molecule has 5 nitrogen and oxygen atoms in total. The Morgan fingerprint density at radius 3 is 2.45 bits per heavy atom. The molecule has 0 bridgehead atoms. The van der Waals surface area contributed by atoms with Crippen LogP contribution in [0.1, 0.15) is 58.8 Å². The summed E-state index contributed by atoms with van der Waals surface area (Å²) in [5.74, 6) is 2.68. The number of ether oxygens (including phenoxy) is 1. The van der Waals surface area contributed by atoms with Crippen LogP contribution in [0, 0.1) is 11.8 Å². The molecule has 1 fully saturated rings. The fraction of sp³-hybridized carbons (Fsp3) is 0.765. The third-order valence-electron chi connectivity index (χ3n) is 4.11. The molecule has 1 aliphatic rings. The van der Waals surface area contributed by atoms with Crippen molar-refractivity contribution in [1.82, 2.24) is 15.3 Å². The highest BCUT2D eigenvalue weighted by molar-refractivity contribution is 5.14. The Balaban J connectivity index is 1.99. The Morgan fingerprint density at radius 2 is 1.91 bits per heavy atom. The zero-order valence-electron chi connectivity index (χ0n) is 14.1. The number of nitrogens with zero attached hydrogens (tertiary/aromatic N) is 2. The average Bonchev–Trinajstić information content (AvgIpc) is 2.47. The van der Waals surface area contributed by atoms with E-state index < -0.39 is 0 Å². The molecular weight excluding hydrogens is 278 g/mol. The summed E-state index contributed by atoms with van der Waals surface area (Å²) < 4.78 is 5.57. The molecule has 124 valence electrons. The Hall–Kier alpha value is -1.20. The van der Waals surface area contributed by atoms with E-state index in [9.17, 15) is 5.11 Å². The van der Waals surface area contributed by atoms with Gasteiger partial charge in [0.1, 0.15) is 5.82 Å². The fourth-order valence-electron chi connectivity index (χ4n) is 3.19. The molecule has 0 aromatic carbocycles. The summed E-state index contributed by atoms with van der Waals surface area (Å²) >= 11 is 0. The van der Waals surface area contributed by atoms with Gasteiger partial charge in [0.05, 0.1) is 31.1 Å². The third-order valence-corrected chi connectivity index (χ3v) is 4.11. The number of piperidine rings is 1. The van der Waals surface area contributed by atoms with Crippen molar-refractivity contribution in [2.24, 2.45) is 11.8 Å². The van der Waals surface area contributed by atoms with Crippen LogP contribution in [-0.2, 0) is 0 Å². The van der Waals surface area contributed by atoms with E-state index >= 15 is 0 Å². The lowest BCUT2D eigenvalue weighted by Gasteiger charge is -2.36. The number of nitrogens with one attached hydrogen (secondary N) is 1. The summed E-state index contributed by atoms with van der Waals surface area (Å²) in [7, 11) is 0. The van der Waals surface area contributed by atoms with Crippen LogP contribution in [0.25, 0.3) is 0 Å². The Labute approximate surface area is 133 Å². The standard InChI is InChI=1S/C17H29N3O2/c1-11(2)7-13-5-6-15(20-16(13)10-21)17-18-8-14(9-19-17)22-12(3)4/h8-9,11-13,15-16,20-21H,5-7,10H2,1-4H3. The molecule has 0 radical (unpaired) electrons. The van der Waals surface area contributed by atoms with Gasteiger partial charge in [-0.3, -0.25) is 0 Å². The molecule has 0 saturated carbocycles. The van der Waals surface area contributed by atoms with Crippen LogP contribution in [0.4, 0.5) is 0 Å². The first-order chi connectivity index (χ1) is 10.5. The van der Waals surface area contributed by atoms with Crippen molar-refractivity contribution in [3.8, 4) is 5.75 Å². The van der Waals surface area contributed by atoms with Gasteiger partial charge >= 0.3 is 0 Å². The predicted octanol–water partition coefficient (Wildman–Crippen LogP) is 2.71. The smallest absolute Gasteiger partial charge is 0.156 e. The summed E-state index contributed by atoms with van der Waals surface area (Å²) in [6, 6.07) is 0.255. The highest BCUT2D eigenvalue weighted by atomic mass is 16.5. The SMILES string of the molecule is CC(C)CC1CCC(c2ncc(OC(C)C)cn2)NC1CO. The van der Waals surface area contributed by atoms with Gasteiger partial charge in [0, 0.05) is 6.04 Å². The molecule has 0 spiro atoms. The number of hydrogen-bond acceptors (Lipinski definition) is 5. The van der Waals surface area contributed by atoms with Gasteiger partial charge in [-0.25, -0.2) is 9.97 Å². The zero-order chi connectivity index (χ0) is 16.1. The highest BCUT2D eigenvalue weighted by Crippen LogP contribution is 2.31. The number of aliphatic hydroxyl groups excluding tert-OH is 1. The maximum atomic E-state index is 9.66. The van der Waals surface area contributed by atoms with Crippen molar-refractivity contribution in [2.75, 3.05) is 6.61 Å². The van der Waals surface area contributed by atoms with Crippen molar-refractivity contribution in [2.45, 2.75) is 65.1 Å². The molecule has 2 rings (SSSR count). The van der Waals surface area contributed by atoms with Gasteiger partial charge in [0.2, 0.25) is 0 Å². The molecule has 1 aromatic heterocycles. The average molecular weight is 307 g/mol. The van der Waals surface area contributed by atoms with Gasteiger partial charge in [-0.05, 0) is 44.9 Å². The summed E-state index contributed by atoms with van der Waals surface area (Å²) in [5, 5.41) is 13.2. The summed E-state index contributed by atoms with van der Waals surface area (Å²) in [4.78, 5) is 8.86. The van der Waals surface area contributed by atoms with Crippen LogP contribution in [0.5, 0.6) is 5.75 Å². The van der Waals surface area contributed by atoms with Crippen LogP contribution in [-0.4, -0.2) is 33.8 Å². The normalized spacial score (nSPS) is 25.7. The van der Waals surface area contributed by atoms with Gasteiger partial charge in [0.15, 0.2) is 5.75 Å². The molecule has 1 aromatic rings. The minimum atomic E-state index is 0.119. The van der Waals surface area contributed by atoms with Crippen LogP contribution >= 0.6 is 0 Å². The largest absolute Gasteiger partial charge is 0.488 e. The van der Waals surface area contributed by atoms with E-state index in [1.165, 1.54) is 0 Å². The molecule has 2 N–H and O–H groups in total. The van der Waals surface area contributed by atoms with Crippen molar-refractivity contribution in [3.63, 3.8) is 0 Å². The Morgan fingerprint density at radius 1 is 1.23 bits per heavy atom. The van der Waals surface area contributed by atoms with E-state index in [1.807, 2.05) is 13.8 Å². The summed E-state index contributed by atoms with van der Waals surface area (Å²) in [5.41, 5.74) is 0. The Kier molecular flexibility index (Phi) is 6.15. The molecular formula is C17H29N3O2. The van der Waals surface area contributed by atoms with Crippen LogP contribution in [0.15, 0.2) is 12.4 Å². The third kappa shape index (κ3) is 4.65. The van der Waals surface area contributed by atoms with Crippen molar-refractivity contribution >= 4 is 0 Å². The fourth-order valence-corrected chi connectivity index (χ4v) is 3.19. The first-order valence-corrected chi connectivity index (χ1v) is 8.35. The highest BCUT2D eigenvalue weighted by Gasteiger charge is 2.31. The lowest BCUT2D eigenvalue weighted by molar-refractivity contribution is 0.131. The van der Waals surface area contributed by atoms with Crippen LogP contribution < -0.4 is 10.1 Å². The van der Waals surface area contributed by atoms with Gasteiger partial charge in [0.25, 0.3) is 0 Å². The number of rotatable bonds is 6. The van der Waals surface area contributed by atoms with Gasteiger partial charge in [-0.1, -0.05) is 13.8 Å². The molecule has 22 heavy (non-hydrogen) atoms. The van der Waals surface area contributed by atoms with Crippen LogP contribution in [0.3, 0.4) is 0 Å². The van der Waals surface area contributed by atoms with Crippen molar-refractivity contribution < 1.29 is 9.84 Å².